The summed E-state index contributed by atoms with van der Waals surface area (Å²) < 4.78 is 19.5. The molecule has 1 aromatic heterocycles. The smallest absolute Gasteiger partial charge is 0.242 e. The van der Waals surface area contributed by atoms with Crippen molar-refractivity contribution in [3.8, 4) is 5.75 Å². The first-order valence-electron chi connectivity index (χ1n) is 11.8. The zero-order valence-corrected chi connectivity index (χ0v) is 20.9. The zero-order chi connectivity index (χ0) is 24.0. The molecule has 1 aliphatic heterocycles. The molecule has 2 atom stereocenters. The van der Waals surface area contributed by atoms with Crippen LogP contribution in [0.4, 0.5) is 4.39 Å². The van der Waals surface area contributed by atoms with Crippen molar-refractivity contribution in [1.82, 2.24) is 9.80 Å². The van der Waals surface area contributed by atoms with E-state index in [1.807, 2.05) is 30.2 Å². The van der Waals surface area contributed by atoms with E-state index in [0.717, 1.165) is 18.4 Å². The second kappa shape index (κ2) is 11.6. The summed E-state index contributed by atoms with van der Waals surface area (Å²) in [7, 11) is 0. The van der Waals surface area contributed by atoms with E-state index in [4.69, 9.17) is 4.74 Å². The normalized spacial score (nSPS) is 16.4. The summed E-state index contributed by atoms with van der Waals surface area (Å²) >= 11 is 1.69. The molecule has 0 radical (unpaired) electrons. The Morgan fingerprint density at radius 1 is 1.27 bits per heavy atom. The van der Waals surface area contributed by atoms with Gasteiger partial charge in [-0.15, -0.1) is 11.3 Å². The first-order valence-corrected chi connectivity index (χ1v) is 12.7. The highest BCUT2D eigenvalue weighted by Crippen LogP contribution is 2.34. The van der Waals surface area contributed by atoms with Crippen LogP contribution in [0.15, 0.2) is 35.7 Å². The minimum absolute atomic E-state index is 0.0273. The van der Waals surface area contributed by atoms with E-state index in [1.165, 1.54) is 17.0 Å². The van der Waals surface area contributed by atoms with Gasteiger partial charge in [-0.05, 0) is 47.4 Å². The Balaban J connectivity index is 1.77. The topological polar surface area (TPSA) is 49.9 Å². The molecule has 0 N–H and O–H groups in total. The number of thiophene rings is 1. The number of hydrogen-bond donors (Lipinski definition) is 0. The quantitative estimate of drug-likeness (QED) is 0.469. The molecule has 0 saturated heterocycles. The van der Waals surface area contributed by atoms with Crippen molar-refractivity contribution in [3.05, 3.63) is 52.0 Å². The van der Waals surface area contributed by atoms with Gasteiger partial charge in [-0.3, -0.25) is 9.59 Å². The lowest BCUT2D eigenvalue weighted by molar-refractivity contribution is -0.143. The second-order valence-electron chi connectivity index (χ2n) is 9.31. The van der Waals surface area contributed by atoms with Crippen LogP contribution in [0.5, 0.6) is 5.75 Å². The lowest BCUT2D eigenvalue weighted by Crippen LogP contribution is -2.48. The van der Waals surface area contributed by atoms with Gasteiger partial charge in [0.1, 0.15) is 18.2 Å². The molecule has 0 aliphatic carbocycles. The standard InChI is InChI=1S/C26H35FN2O3S/c1-5-19(4)15-28(25(30)13-18(2)3)16-26(31)29-11-9-24-22(10-12-33-24)23(29)17-32-21-8-6-7-20(27)14-21/h6-8,10,12,14,18-19,23H,5,9,11,13,15-17H2,1-4H3. The molecule has 0 spiro atoms. The highest BCUT2D eigenvalue weighted by molar-refractivity contribution is 7.10. The van der Waals surface area contributed by atoms with Gasteiger partial charge < -0.3 is 14.5 Å². The maximum Gasteiger partial charge on any atom is 0.242 e. The van der Waals surface area contributed by atoms with E-state index in [2.05, 4.69) is 13.8 Å². The Morgan fingerprint density at radius 3 is 2.76 bits per heavy atom. The van der Waals surface area contributed by atoms with Gasteiger partial charge in [0, 0.05) is 30.5 Å². The fourth-order valence-corrected chi connectivity index (χ4v) is 5.03. The van der Waals surface area contributed by atoms with Crippen molar-refractivity contribution in [2.75, 3.05) is 26.2 Å². The van der Waals surface area contributed by atoms with Crippen LogP contribution in [0.3, 0.4) is 0 Å². The van der Waals surface area contributed by atoms with Crippen molar-refractivity contribution in [1.29, 1.82) is 0 Å². The molecular formula is C26H35FN2O3S. The highest BCUT2D eigenvalue weighted by atomic mass is 32.1. The van der Waals surface area contributed by atoms with Crippen LogP contribution in [0.1, 0.15) is 57.0 Å². The SMILES string of the molecule is CCC(C)CN(CC(=O)N1CCc2sccc2C1COc1cccc(F)c1)C(=O)CC(C)C. The average molecular weight is 475 g/mol. The van der Waals surface area contributed by atoms with E-state index in [-0.39, 0.29) is 42.7 Å². The molecule has 5 nitrogen and oxygen atoms in total. The average Bonchev–Trinajstić information content (AvgIpc) is 3.25. The molecule has 3 rings (SSSR count). The van der Waals surface area contributed by atoms with Crippen LogP contribution in [-0.4, -0.2) is 47.9 Å². The molecule has 2 unspecified atom stereocenters. The summed E-state index contributed by atoms with van der Waals surface area (Å²) in [6, 6.07) is 7.83. The van der Waals surface area contributed by atoms with Crippen LogP contribution in [0, 0.1) is 17.7 Å². The lowest BCUT2D eigenvalue weighted by atomic mass is 10.00. The summed E-state index contributed by atoms with van der Waals surface area (Å²) in [5, 5.41) is 2.04. The molecule has 0 saturated carbocycles. The Hall–Kier alpha value is -2.41. The van der Waals surface area contributed by atoms with E-state index in [1.54, 1.807) is 28.4 Å². The van der Waals surface area contributed by atoms with E-state index < -0.39 is 0 Å². The van der Waals surface area contributed by atoms with E-state index in [9.17, 15) is 14.0 Å². The van der Waals surface area contributed by atoms with Crippen molar-refractivity contribution in [2.45, 2.75) is 53.0 Å². The summed E-state index contributed by atoms with van der Waals surface area (Å²) in [5.41, 5.74) is 1.08. The minimum atomic E-state index is -0.357. The monoisotopic (exact) mass is 474 g/mol. The number of rotatable bonds is 10. The van der Waals surface area contributed by atoms with Gasteiger partial charge in [0.05, 0.1) is 12.6 Å². The third-order valence-electron chi connectivity index (χ3n) is 6.11. The number of carbonyl (C=O) groups excluding carboxylic acids is 2. The van der Waals surface area contributed by atoms with Crippen molar-refractivity contribution in [3.63, 3.8) is 0 Å². The molecule has 2 heterocycles. The Labute approximate surface area is 200 Å². The van der Waals surface area contributed by atoms with Crippen LogP contribution >= 0.6 is 11.3 Å². The summed E-state index contributed by atoms with van der Waals surface area (Å²) in [6.07, 6.45) is 2.18. The summed E-state index contributed by atoms with van der Waals surface area (Å²) in [6.45, 7) is 9.71. The largest absolute Gasteiger partial charge is 0.491 e. The molecule has 0 bridgehead atoms. The predicted octanol–water partition coefficient (Wildman–Crippen LogP) is 5.31. The number of hydrogen-bond acceptors (Lipinski definition) is 4. The Morgan fingerprint density at radius 2 is 2.06 bits per heavy atom. The van der Waals surface area contributed by atoms with Crippen molar-refractivity contribution in [2.24, 2.45) is 11.8 Å². The molecule has 2 amide bonds. The van der Waals surface area contributed by atoms with Crippen LogP contribution in [0.2, 0.25) is 0 Å². The first kappa shape index (κ1) is 25.2. The summed E-state index contributed by atoms with van der Waals surface area (Å²) in [5.74, 6) is 0.605. The molecule has 7 heteroatoms. The first-order chi connectivity index (χ1) is 15.8. The van der Waals surface area contributed by atoms with Gasteiger partial charge in [-0.1, -0.05) is 40.2 Å². The number of ether oxygens (including phenoxy) is 1. The van der Waals surface area contributed by atoms with Gasteiger partial charge >= 0.3 is 0 Å². The van der Waals surface area contributed by atoms with Crippen molar-refractivity contribution < 1.29 is 18.7 Å². The van der Waals surface area contributed by atoms with Gasteiger partial charge in [-0.25, -0.2) is 4.39 Å². The fourth-order valence-electron chi connectivity index (χ4n) is 4.10. The minimum Gasteiger partial charge on any atom is -0.491 e. The number of nitrogens with zero attached hydrogens (tertiary/aromatic N) is 2. The number of amides is 2. The maximum atomic E-state index is 13.6. The fraction of sp³-hybridized carbons (Fsp3) is 0.538. The van der Waals surface area contributed by atoms with Crippen molar-refractivity contribution >= 4 is 23.2 Å². The highest BCUT2D eigenvalue weighted by Gasteiger charge is 2.33. The van der Waals surface area contributed by atoms with Crippen LogP contribution in [0.25, 0.3) is 0 Å². The summed E-state index contributed by atoms with van der Waals surface area (Å²) in [4.78, 5) is 31.2. The third kappa shape index (κ3) is 6.79. The van der Waals surface area contributed by atoms with Gasteiger partial charge in [0.2, 0.25) is 11.8 Å². The molecule has 1 aromatic carbocycles. The molecule has 180 valence electrons. The Bertz CT molecular complexity index is 945. The number of halogens is 1. The van der Waals surface area contributed by atoms with E-state index >= 15 is 0 Å². The lowest BCUT2D eigenvalue weighted by Gasteiger charge is -2.37. The van der Waals surface area contributed by atoms with E-state index in [0.29, 0.717) is 31.2 Å². The predicted molar refractivity (Wildman–Crippen MR) is 130 cm³/mol. The number of fused-ring (bicyclic) bond motifs is 1. The van der Waals surface area contributed by atoms with Gasteiger partial charge in [0.15, 0.2) is 0 Å². The maximum absolute atomic E-state index is 13.6. The Kier molecular flexibility index (Phi) is 8.89. The van der Waals surface area contributed by atoms with Crippen LogP contribution in [-0.2, 0) is 16.0 Å². The number of carbonyl (C=O) groups is 2. The van der Waals surface area contributed by atoms with Crippen LogP contribution < -0.4 is 4.74 Å². The molecular weight excluding hydrogens is 439 g/mol. The number of benzene rings is 1. The molecule has 0 fully saturated rings. The third-order valence-corrected chi connectivity index (χ3v) is 7.11. The molecule has 2 aromatic rings. The van der Waals surface area contributed by atoms with Gasteiger partial charge in [-0.2, -0.15) is 0 Å². The van der Waals surface area contributed by atoms with Gasteiger partial charge in [0.25, 0.3) is 0 Å². The molecule has 1 aliphatic rings. The zero-order valence-electron chi connectivity index (χ0n) is 20.1. The second-order valence-corrected chi connectivity index (χ2v) is 10.3. The molecule has 33 heavy (non-hydrogen) atoms.